The summed E-state index contributed by atoms with van der Waals surface area (Å²) in [5, 5.41) is 12.2. The molecule has 1 aromatic rings. The van der Waals surface area contributed by atoms with E-state index in [-0.39, 0.29) is 5.75 Å². The van der Waals surface area contributed by atoms with E-state index in [1.54, 1.807) is 11.9 Å². The molecule has 0 fully saturated rings. The molecule has 0 saturated carbocycles. The normalized spacial score (nSPS) is 11.1. The zero-order valence-electron chi connectivity index (χ0n) is 11.5. The molecule has 104 valence electrons. The Bertz CT molecular complexity index is 576. The minimum atomic E-state index is -3.00. The van der Waals surface area contributed by atoms with Crippen LogP contribution >= 0.6 is 0 Å². The summed E-state index contributed by atoms with van der Waals surface area (Å²) >= 11 is 0. The number of benzene rings is 1. The van der Waals surface area contributed by atoms with Gasteiger partial charge in [0.2, 0.25) is 0 Å². The highest BCUT2D eigenvalue weighted by Gasteiger charge is 2.10. The molecule has 0 spiro atoms. The van der Waals surface area contributed by atoms with Crippen LogP contribution in [0.1, 0.15) is 11.1 Å². The molecular weight excluding hydrogens is 262 g/mol. The predicted octanol–water partition coefficient (Wildman–Crippen LogP) is 0.758. The lowest BCUT2D eigenvalue weighted by molar-refractivity contribution is 0.601. The van der Waals surface area contributed by atoms with Gasteiger partial charge in [-0.25, -0.2) is 8.42 Å². The molecule has 1 N–H and O–H groups in total. The van der Waals surface area contributed by atoms with Crippen molar-refractivity contribution in [3.63, 3.8) is 0 Å². The first-order valence-electron chi connectivity index (χ1n) is 5.94. The van der Waals surface area contributed by atoms with E-state index in [1.807, 2.05) is 25.2 Å². The Labute approximate surface area is 114 Å². The molecule has 0 saturated heterocycles. The molecule has 0 atom stereocenters. The summed E-state index contributed by atoms with van der Waals surface area (Å²) in [5.74, 6) is 0.0760. The van der Waals surface area contributed by atoms with Crippen LogP contribution in [0.5, 0.6) is 0 Å². The number of rotatable bonds is 6. The first kappa shape index (κ1) is 15.5. The highest BCUT2D eigenvalue weighted by Crippen LogP contribution is 2.20. The second-order valence-electron chi connectivity index (χ2n) is 4.55. The molecule has 0 unspecified atom stereocenters. The molecule has 0 aliphatic rings. The fourth-order valence-electron chi connectivity index (χ4n) is 1.74. The number of sulfone groups is 1. The molecule has 0 amide bonds. The van der Waals surface area contributed by atoms with E-state index in [0.29, 0.717) is 18.7 Å². The number of nitrogens with zero attached hydrogens (tertiary/aromatic N) is 2. The molecular formula is C13H19N3O2S. The maximum absolute atomic E-state index is 11.2. The lowest BCUT2D eigenvalue weighted by Crippen LogP contribution is -2.25. The largest absolute Gasteiger partial charge is 0.373 e. The van der Waals surface area contributed by atoms with Gasteiger partial charge >= 0.3 is 0 Å². The number of nitriles is 1. The molecule has 6 heteroatoms. The third-order valence-electron chi connectivity index (χ3n) is 2.77. The number of anilines is 1. The first-order chi connectivity index (χ1) is 8.87. The van der Waals surface area contributed by atoms with Crippen LogP contribution in [-0.2, 0) is 16.4 Å². The van der Waals surface area contributed by atoms with E-state index in [2.05, 4.69) is 11.4 Å². The monoisotopic (exact) mass is 281 g/mol. The van der Waals surface area contributed by atoms with Gasteiger partial charge in [-0.05, 0) is 24.7 Å². The molecule has 0 aliphatic carbocycles. The average molecular weight is 281 g/mol. The van der Waals surface area contributed by atoms with Gasteiger partial charge in [-0.3, -0.25) is 0 Å². The molecule has 5 nitrogen and oxygen atoms in total. The standard InChI is InChI=1S/C13H19N3O2S/c1-15-10-11-4-5-13(12(8-11)9-14)16(2)6-7-19(3,17)18/h4-5,8,15H,6-7,10H2,1-3H3. The quantitative estimate of drug-likeness (QED) is 0.833. The van der Waals surface area contributed by atoms with E-state index in [0.717, 1.165) is 11.3 Å². The van der Waals surface area contributed by atoms with Crippen LogP contribution < -0.4 is 10.2 Å². The van der Waals surface area contributed by atoms with Crippen molar-refractivity contribution in [3.05, 3.63) is 29.3 Å². The van der Waals surface area contributed by atoms with Crippen LogP contribution in [0.25, 0.3) is 0 Å². The van der Waals surface area contributed by atoms with Gasteiger partial charge < -0.3 is 10.2 Å². The Morgan fingerprint density at radius 3 is 2.63 bits per heavy atom. The van der Waals surface area contributed by atoms with Crippen LogP contribution in [0.15, 0.2) is 18.2 Å². The van der Waals surface area contributed by atoms with E-state index >= 15 is 0 Å². The summed E-state index contributed by atoms with van der Waals surface area (Å²) in [6.07, 6.45) is 1.21. The van der Waals surface area contributed by atoms with Crippen molar-refractivity contribution in [3.8, 4) is 6.07 Å². The van der Waals surface area contributed by atoms with Gasteiger partial charge in [-0.1, -0.05) is 6.07 Å². The van der Waals surface area contributed by atoms with Gasteiger partial charge in [0.05, 0.1) is 17.0 Å². The molecule has 19 heavy (non-hydrogen) atoms. The van der Waals surface area contributed by atoms with Crippen molar-refractivity contribution in [2.24, 2.45) is 0 Å². The fraction of sp³-hybridized carbons (Fsp3) is 0.462. The lowest BCUT2D eigenvalue weighted by Gasteiger charge is -2.20. The van der Waals surface area contributed by atoms with Crippen LogP contribution in [-0.4, -0.2) is 41.1 Å². The average Bonchev–Trinajstić information content (AvgIpc) is 2.35. The number of hydrogen-bond donors (Lipinski definition) is 1. The Hall–Kier alpha value is -1.58. The lowest BCUT2D eigenvalue weighted by atomic mass is 10.1. The van der Waals surface area contributed by atoms with Crippen molar-refractivity contribution < 1.29 is 8.42 Å². The van der Waals surface area contributed by atoms with Crippen LogP contribution in [0.4, 0.5) is 5.69 Å². The molecule has 0 aromatic heterocycles. The van der Waals surface area contributed by atoms with Crippen LogP contribution in [0.3, 0.4) is 0 Å². The zero-order chi connectivity index (χ0) is 14.5. The maximum atomic E-state index is 11.2. The summed E-state index contributed by atoms with van der Waals surface area (Å²) in [4.78, 5) is 1.79. The second kappa shape index (κ2) is 6.55. The van der Waals surface area contributed by atoms with E-state index in [1.165, 1.54) is 6.26 Å². The van der Waals surface area contributed by atoms with Crippen molar-refractivity contribution in [1.82, 2.24) is 5.32 Å². The molecule has 1 aromatic carbocycles. The molecule has 1 rings (SSSR count). The third kappa shape index (κ3) is 4.89. The Morgan fingerprint density at radius 2 is 2.11 bits per heavy atom. The number of hydrogen-bond acceptors (Lipinski definition) is 5. The summed E-state index contributed by atoms with van der Waals surface area (Å²) in [5.41, 5.74) is 2.34. The molecule has 0 aliphatic heterocycles. The second-order valence-corrected chi connectivity index (χ2v) is 6.80. The third-order valence-corrected chi connectivity index (χ3v) is 3.70. The fourth-order valence-corrected chi connectivity index (χ4v) is 2.35. The Kier molecular flexibility index (Phi) is 5.33. The predicted molar refractivity (Wildman–Crippen MR) is 76.9 cm³/mol. The highest BCUT2D eigenvalue weighted by atomic mass is 32.2. The highest BCUT2D eigenvalue weighted by molar-refractivity contribution is 7.90. The minimum absolute atomic E-state index is 0.0760. The van der Waals surface area contributed by atoms with Crippen LogP contribution in [0.2, 0.25) is 0 Å². The van der Waals surface area contributed by atoms with Crippen molar-refractivity contribution >= 4 is 15.5 Å². The Morgan fingerprint density at radius 1 is 1.42 bits per heavy atom. The van der Waals surface area contributed by atoms with Crippen molar-refractivity contribution in [2.45, 2.75) is 6.54 Å². The topological polar surface area (TPSA) is 73.2 Å². The van der Waals surface area contributed by atoms with Crippen molar-refractivity contribution in [2.75, 3.05) is 37.5 Å². The van der Waals surface area contributed by atoms with Gasteiger partial charge in [0.15, 0.2) is 0 Å². The minimum Gasteiger partial charge on any atom is -0.373 e. The molecule has 0 heterocycles. The molecule has 0 radical (unpaired) electrons. The summed E-state index contributed by atoms with van der Waals surface area (Å²) in [7, 11) is 0.638. The van der Waals surface area contributed by atoms with E-state index < -0.39 is 9.84 Å². The SMILES string of the molecule is CNCc1ccc(N(C)CCS(C)(=O)=O)c(C#N)c1. The summed E-state index contributed by atoms with van der Waals surface area (Å²) in [6, 6.07) is 7.76. The first-order valence-corrected chi connectivity index (χ1v) is 8.00. The van der Waals surface area contributed by atoms with Gasteiger partial charge in [0.25, 0.3) is 0 Å². The van der Waals surface area contributed by atoms with Crippen molar-refractivity contribution in [1.29, 1.82) is 5.26 Å². The zero-order valence-corrected chi connectivity index (χ0v) is 12.3. The smallest absolute Gasteiger partial charge is 0.149 e. The summed E-state index contributed by atoms with van der Waals surface area (Å²) in [6.45, 7) is 1.07. The molecule has 0 bridgehead atoms. The van der Waals surface area contributed by atoms with Gasteiger partial charge in [-0.15, -0.1) is 0 Å². The number of nitrogens with one attached hydrogen (secondary N) is 1. The van der Waals surface area contributed by atoms with Gasteiger partial charge in [0.1, 0.15) is 15.9 Å². The van der Waals surface area contributed by atoms with E-state index in [9.17, 15) is 13.7 Å². The van der Waals surface area contributed by atoms with E-state index in [4.69, 9.17) is 0 Å². The van der Waals surface area contributed by atoms with Gasteiger partial charge in [0, 0.05) is 26.4 Å². The maximum Gasteiger partial charge on any atom is 0.149 e. The Balaban J connectivity index is 2.91. The van der Waals surface area contributed by atoms with Crippen LogP contribution in [0, 0.1) is 11.3 Å². The van der Waals surface area contributed by atoms with Gasteiger partial charge in [-0.2, -0.15) is 5.26 Å². The summed E-state index contributed by atoms with van der Waals surface area (Å²) < 4.78 is 22.3.